The molecule has 102 valence electrons. The van der Waals surface area contributed by atoms with Crippen LogP contribution >= 0.6 is 0 Å². The Kier molecular flexibility index (Phi) is 3.62. The molecule has 0 aliphatic carbocycles. The maximum Gasteiger partial charge on any atom is 0.324 e. The number of hydrogen-bond donors (Lipinski definition) is 3. The molecule has 4 nitrogen and oxygen atoms in total. The Morgan fingerprint density at radius 1 is 1.42 bits per heavy atom. The number of carboxylic acids is 1. The molecule has 0 bridgehead atoms. The summed E-state index contributed by atoms with van der Waals surface area (Å²) in [5, 5.41) is 10.5. The average Bonchev–Trinajstić information content (AvgIpc) is 2.71. The van der Waals surface area contributed by atoms with Gasteiger partial charge in [0.1, 0.15) is 5.54 Å². The topological polar surface area (TPSA) is 79.1 Å². The summed E-state index contributed by atoms with van der Waals surface area (Å²) in [6, 6.07) is 7.85. The van der Waals surface area contributed by atoms with Gasteiger partial charge in [-0.2, -0.15) is 0 Å². The fraction of sp³-hybridized carbons (Fsp3) is 0.400. The maximum absolute atomic E-state index is 11.5. The monoisotopic (exact) mass is 260 g/mol. The lowest BCUT2D eigenvalue weighted by Crippen LogP contribution is -2.50. The summed E-state index contributed by atoms with van der Waals surface area (Å²) in [5.41, 5.74) is 6.87. The lowest BCUT2D eigenvalue weighted by molar-refractivity contribution is -0.144. The minimum atomic E-state index is -1.21. The van der Waals surface area contributed by atoms with Crippen LogP contribution in [-0.4, -0.2) is 21.6 Å². The van der Waals surface area contributed by atoms with Crippen molar-refractivity contribution in [1.29, 1.82) is 0 Å². The van der Waals surface area contributed by atoms with Crippen molar-refractivity contribution in [2.75, 3.05) is 0 Å². The molecule has 1 atom stereocenters. The fourth-order valence-corrected chi connectivity index (χ4v) is 2.58. The first-order valence-corrected chi connectivity index (χ1v) is 6.49. The number of nitrogens with one attached hydrogen (secondary N) is 1. The third kappa shape index (κ3) is 2.79. The zero-order chi connectivity index (χ0) is 14.0. The lowest BCUT2D eigenvalue weighted by Gasteiger charge is -2.26. The number of carbonyl (C=O) groups is 1. The molecule has 1 unspecified atom stereocenters. The normalized spacial score (nSPS) is 14.7. The van der Waals surface area contributed by atoms with Crippen LogP contribution in [0.1, 0.15) is 25.8 Å². The Morgan fingerprint density at radius 3 is 2.74 bits per heavy atom. The van der Waals surface area contributed by atoms with Crippen LogP contribution in [-0.2, 0) is 11.2 Å². The van der Waals surface area contributed by atoms with Crippen molar-refractivity contribution in [3.8, 4) is 0 Å². The van der Waals surface area contributed by atoms with Gasteiger partial charge in [0, 0.05) is 23.5 Å². The number of aromatic nitrogens is 1. The van der Waals surface area contributed by atoms with Crippen molar-refractivity contribution in [1.82, 2.24) is 4.98 Å². The van der Waals surface area contributed by atoms with Crippen molar-refractivity contribution >= 4 is 16.9 Å². The molecule has 0 radical (unpaired) electrons. The van der Waals surface area contributed by atoms with Crippen LogP contribution in [0.3, 0.4) is 0 Å². The number of para-hydroxylation sites is 1. The smallest absolute Gasteiger partial charge is 0.324 e. The van der Waals surface area contributed by atoms with Crippen LogP contribution in [0.5, 0.6) is 0 Å². The van der Waals surface area contributed by atoms with Gasteiger partial charge in [0.05, 0.1) is 0 Å². The Hall–Kier alpha value is -1.81. The van der Waals surface area contributed by atoms with Gasteiger partial charge in [0.2, 0.25) is 0 Å². The molecule has 2 rings (SSSR count). The first-order valence-electron chi connectivity index (χ1n) is 6.49. The summed E-state index contributed by atoms with van der Waals surface area (Å²) in [6.07, 6.45) is 2.65. The van der Waals surface area contributed by atoms with E-state index in [4.69, 9.17) is 5.73 Å². The van der Waals surface area contributed by atoms with Crippen LogP contribution in [0.4, 0.5) is 0 Å². The Labute approximate surface area is 112 Å². The van der Waals surface area contributed by atoms with Gasteiger partial charge in [0.15, 0.2) is 0 Å². The number of H-pyrrole nitrogens is 1. The van der Waals surface area contributed by atoms with E-state index < -0.39 is 11.5 Å². The lowest BCUT2D eigenvalue weighted by atomic mass is 9.84. The number of hydrogen-bond acceptors (Lipinski definition) is 2. The van der Waals surface area contributed by atoms with Crippen molar-refractivity contribution in [2.45, 2.75) is 32.2 Å². The van der Waals surface area contributed by atoms with E-state index in [1.807, 2.05) is 44.3 Å². The number of aromatic amines is 1. The SMILES string of the molecule is CC(C)CC(N)(Cc1c[nH]c2ccccc12)C(=O)O. The van der Waals surface area contributed by atoms with E-state index in [0.29, 0.717) is 12.8 Å². The molecule has 0 amide bonds. The first kappa shape index (κ1) is 13.6. The summed E-state index contributed by atoms with van der Waals surface area (Å²) in [6.45, 7) is 3.97. The third-order valence-corrected chi connectivity index (χ3v) is 3.38. The number of aliphatic carboxylic acids is 1. The highest BCUT2D eigenvalue weighted by Crippen LogP contribution is 2.25. The zero-order valence-electron chi connectivity index (χ0n) is 11.3. The molecule has 0 aliphatic rings. The maximum atomic E-state index is 11.5. The standard InChI is InChI=1S/C15H20N2O2/c1-10(2)7-15(16,14(18)19)8-11-9-17-13-6-4-3-5-12(11)13/h3-6,9-10,17H,7-8,16H2,1-2H3,(H,18,19). The van der Waals surface area contributed by atoms with Crippen LogP contribution in [0.2, 0.25) is 0 Å². The highest BCUT2D eigenvalue weighted by atomic mass is 16.4. The zero-order valence-corrected chi connectivity index (χ0v) is 11.3. The Balaban J connectivity index is 2.34. The van der Waals surface area contributed by atoms with Gasteiger partial charge in [-0.25, -0.2) is 0 Å². The second kappa shape index (κ2) is 5.05. The molecule has 0 aliphatic heterocycles. The Bertz CT molecular complexity index is 589. The average molecular weight is 260 g/mol. The predicted molar refractivity (Wildman–Crippen MR) is 76.0 cm³/mol. The van der Waals surface area contributed by atoms with Crippen molar-refractivity contribution < 1.29 is 9.90 Å². The van der Waals surface area contributed by atoms with Gasteiger partial charge in [0.25, 0.3) is 0 Å². The first-order chi connectivity index (χ1) is 8.92. The van der Waals surface area contributed by atoms with Crippen LogP contribution < -0.4 is 5.73 Å². The van der Waals surface area contributed by atoms with Gasteiger partial charge in [-0.1, -0.05) is 32.0 Å². The van der Waals surface area contributed by atoms with Gasteiger partial charge in [-0.05, 0) is 24.0 Å². The summed E-state index contributed by atoms with van der Waals surface area (Å²) in [5.74, 6) is -0.696. The van der Waals surface area contributed by atoms with Gasteiger partial charge in [-0.3, -0.25) is 4.79 Å². The second-order valence-electron chi connectivity index (χ2n) is 5.60. The molecular weight excluding hydrogens is 240 g/mol. The molecule has 1 heterocycles. The van der Waals surface area contributed by atoms with Gasteiger partial charge >= 0.3 is 5.97 Å². The second-order valence-corrected chi connectivity index (χ2v) is 5.60. The number of benzene rings is 1. The van der Waals surface area contributed by atoms with E-state index >= 15 is 0 Å². The van der Waals surface area contributed by atoms with Crippen molar-refractivity contribution in [2.24, 2.45) is 11.7 Å². The van der Waals surface area contributed by atoms with Crippen molar-refractivity contribution in [3.05, 3.63) is 36.0 Å². The molecule has 1 aromatic heterocycles. The largest absolute Gasteiger partial charge is 0.480 e. The van der Waals surface area contributed by atoms with Gasteiger partial charge in [-0.15, -0.1) is 0 Å². The fourth-order valence-electron chi connectivity index (χ4n) is 2.58. The highest BCUT2D eigenvalue weighted by molar-refractivity contribution is 5.85. The van der Waals surface area contributed by atoms with E-state index in [1.165, 1.54) is 0 Å². The van der Waals surface area contributed by atoms with Crippen LogP contribution in [0.15, 0.2) is 30.5 Å². The molecular formula is C15H20N2O2. The minimum Gasteiger partial charge on any atom is -0.480 e. The van der Waals surface area contributed by atoms with E-state index in [1.54, 1.807) is 0 Å². The summed E-state index contributed by atoms with van der Waals surface area (Å²) < 4.78 is 0. The van der Waals surface area contributed by atoms with Crippen LogP contribution in [0, 0.1) is 5.92 Å². The quantitative estimate of drug-likeness (QED) is 0.773. The van der Waals surface area contributed by atoms with E-state index in [9.17, 15) is 9.90 Å². The molecule has 0 saturated heterocycles. The number of carboxylic acid groups (broad SMARTS) is 1. The molecule has 0 fully saturated rings. The molecule has 0 saturated carbocycles. The summed E-state index contributed by atoms with van der Waals surface area (Å²) in [7, 11) is 0. The van der Waals surface area contributed by atoms with E-state index in [2.05, 4.69) is 4.98 Å². The number of fused-ring (bicyclic) bond motifs is 1. The Morgan fingerprint density at radius 2 is 2.11 bits per heavy atom. The van der Waals surface area contributed by atoms with Crippen molar-refractivity contribution in [3.63, 3.8) is 0 Å². The minimum absolute atomic E-state index is 0.242. The molecule has 2 aromatic rings. The molecule has 4 heteroatoms. The van der Waals surface area contributed by atoms with E-state index in [0.717, 1.165) is 16.5 Å². The summed E-state index contributed by atoms with van der Waals surface area (Å²) in [4.78, 5) is 14.6. The molecule has 1 aromatic carbocycles. The predicted octanol–water partition coefficient (Wildman–Crippen LogP) is 2.54. The van der Waals surface area contributed by atoms with E-state index in [-0.39, 0.29) is 5.92 Å². The number of nitrogens with two attached hydrogens (primary N) is 1. The summed E-state index contributed by atoms with van der Waals surface area (Å²) >= 11 is 0. The number of rotatable bonds is 5. The van der Waals surface area contributed by atoms with Crippen LogP contribution in [0.25, 0.3) is 10.9 Å². The highest BCUT2D eigenvalue weighted by Gasteiger charge is 2.35. The third-order valence-electron chi connectivity index (χ3n) is 3.38. The van der Waals surface area contributed by atoms with Gasteiger partial charge < -0.3 is 15.8 Å². The molecule has 4 N–H and O–H groups in total. The molecule has 0 spiro atoms. The molecule has 19 heavy (non-hydrogen) atoms.